The second-order valence-corrected chi connectivity index (χ2v) is 4.47. The first-order valence-electron chi connectivity index (χ1n) is 4.93. The summed E-state index contributed by atoms with van der Waals surface area (Å²) in [6.07, 6.45) is 0. The van der Waals surface area contributed by atoms with E-state index in [1.807, 2.05) is 6.07 Å². The van der Waals surface area contributed by atoms with Gasteiger partial charge in [-0.2, -0.15) is 5.26 Å². The van der Waals surface area contributed by atoms with E-state index in [1.54, 1.807) is 18.2 Å². The number of benzene rings is 1. The highest BCUT2D eigenvalue weighted by atomic mass is 32.2. The number of nitrogens with two attached hydrogens (primary N) is 2. The Morgan fingerprint density at radius 2 is 2.11 bits per heavy atom. The summed E-state index contributed by atoms with van der Waals surface area (Å²) in [5.74, 6) is 0.147. The third-order valence-electron chi connectivity index (χ3n) is 2.09. The number of H-pyrrole nitrogens is 1. The third kappa shape index (κ3) is 2.61. The number of anilines is 2. The zero-order valence-corrected chi connectivity index (χ0v) is 9.99. The minimum atomic E-state index is -0.322. The Morgan fingerprint density at radius 3 is 2.72 bits per heavy atom. The van der Waals surface area contributed by atoms with Crippen LogP contribution in [0.25, 0.3) is 0 Å². The third-order valence-corrected chi connectivity index (χ3v) is 3.06. The summed E-state index contributed by atoms with van der Waals surface area (Å²) in [4.78, 5) is 18.4. The maximum Gasteiger partial charge on any atom is 0.253 e. The van der Waals surface area contributed by atoms with Gasteiger partial charge >= 0.3 is 0 Å². The Bertz CT molecular complexity index is 689. The number of aromatic nitrogens is 2. The molecular formula is C11H9N5OS. The Morgan fingerprint density at radius 1 is 1.33 bits per heavy atom. The predicted molar refractivity (Wildman–Crippen MR) is 69.0 cm³/mol. The van der Waals surface area contributed by atoms with Crippen LogP contribution in [-0.4, -0.2) is 9.97 Å². The highest BCUT2D eigenvalue weighted by Gasteiger charge is 2.06. The molecule has 0 fully saturated rings. The van der Waals surface area contributed by atoms with E-state index in [-0.39, 0.29) is 11.4 Å². The molecule has 0 amide bonds. The molecule has 90 valence electrons. The van der Waals surface area contributed by atoms with Crippen molar-refractivity contribution in [2.75, 3.05) is 11.5 Å². The number of nitriles is 1. The van der Waals surface area contributed by atoms with Crippen molar-refractivity contribution in [3.8, 4) is 6.07 Å². The quantitative estimate of drug-likeness (QED) is 0.545. The van der Waals surface area contributed by atoms with E-state index < -0.39 is 0 Å². The topological polar surface area (TPSA) is 122 Å². The van der Waals surface area contributed by atoms with Crippen LogP contribution in [0.3, 0.4) is 0 Å². The van der Waals surface area contributed by atoms with E-state index >= 15 is 0 Å². The van der Waals surface area contributed by atoms with Crippen LogP contribution in [0.15, 0.2) is 39.1 Å². The fraction of sp³-hybridized carbons (Fsp3) is 0. The van der Waals surface area contributed by atoms with E-state index in [9.17, 15) is 4.79 Å². The SMILES string of the molecule is N#Cc1ccc(Sc2nc(N)cc(=O)[nH]2)c(N)c1. The Kier molecular flexibility index (Phi) is 3.21. The van der Waals surface area contributed by atoms with Crippen molar-refractivity contribution < 1.29 is 0 Å². The van der Waals surface area contributed by atoms with E-state index in [0.717, 1.165) is 0 Å². The predicted octanol–water partition coefficient (Wildman–Crippen LogP) is 0.957. The fourth-order valence-electron chi connectivity index (χ4n) is 1.32. The lowest BCUT2D eigenvalue weighted by atomic mass is 10.2. The van der Waals surface area contributed by atoms with Crippen molar-refractivity contribution in [3.05, 3.63) is 40.2 Å². The van der Waals surface area contributed by atoms with Crippen LogP contribution < -0.4 is 17.0 Å². The van der Waals surface area contributed by atoms with Gasteiger partial charge in [0.1, 0.15) is 5.82 Å². The molecule has 2 rings (SSSR count). The van der Waals surface area contributed by atoms with Gasteiger partial charge in [0.25, 0.3) is 5.56 Å². The molecule has 0 radical (unpaired) electrons. The van der Waals surface area contributed by atoms with Crippen LogP contribution in [0.5, 0.6) is 0 Å². The monoisotopic (exact) mass is 259 g/mol. The number of nitrogens with one attached hydrogen (secondary N) is 1. The van der Waals surface area contributed by atoms with Crippen LogP contribution in [-0.2, 0) is 0 Å². The summed E-state index contributed by atoms with van der Waals surface area (Å²) in [6.45, 7) is 0. The summed E-state index contributed by atoms with van der Waals surface area (Å²) in [7, 11) is 0. The fourth-order valence-corrected chi connectivity index (χ4v) is 2.14. The van der Waals surface area contributed by atoms with Crippen molar-refractivity contribution in [2.45, 2.75) is 10.1 Å². The van der Waals surface area contributed by atoms with Crippen LogP contribution in [0.1, 0.15) is 5.56 Å². The molecule has 0 spiro atoms. The Hall–Kier alpha value is -2.46. The molecule has 0 aliphatic rings. The Balaban J connectivity index is 2.34. The molecule has 1 heterocycles. The van der Waals surface area contributed by atoms with Crippen LogP contribution in [0.4, 0.5) is 11.5 Å². The lowest BCUT2D eigenvalue weighted by molar-refractivity contribution is 0.945. The Labute approximate surface area is 107 Å². The average Bonchev–Trinajstić information content (AvgIpc) is 2.30. The standard InChI is InChI=1S/C11H9N5OS/c12-5-6-1-2-8(7(13)3-6)18-11-15-9(14)4-10(17)16-11/h1-4H,13H2,(H3,14,15,16,17). The molecule has 0 aliphatic heterocycles. The van der Waals surface area contributed by atoms with Crippen LogP contribution >= 0.6 is 11.8 Å². The summed E-state index contributed by atoms with van der Waals surface area (Å²) >= 11 is 1.18. The second kappa shape index (κ2) is 4.81. The summed E-state index contributed by atoms with van der Waals surface area (Å²) in [5.41, 5.74) is 11.9. The maximum absolute atomic E-state index is 11.2. The van der Waals surface area contributed by atoms with Gasteiger partial charge in [-0.3, -0.25) is 4.79 Å². The molecule has 1 aromatic heterocycles. The van der Waals surface area contributed by atoms with E-state index in [1.165, 1.54) is 17.8 Å². The van der Waals surface area contributed by atoms with Crippen molar-refractivity contribution in [3.63, 3.8) is 0 Å². The lowest BCUT2D eigenvalue weighted by Gasteiger charge is -2.05. The first-order chi connectivity index (χ1) is 8.58. The van der Waals surface area contributed by atoms with E-state index in [0.29, 0.717) is 21.3 Å². The van der Waals surface area contributed by atoms with Crippen molar-refractivity contribution in [1.82, 2.24) is 9.97 Å². The summed E-state index contributed by atoms with van der Waals surface area (Å²) in [6, 6.07) is 8.10. The number of hydrogen-bond donors (Lipinski definition) is 3. The summed E-state index contributed by atoms with van der Waals surface area (Å²) in [5, 5.41) is 9.08. The molecule has 0 saturated carbocycles. The maximum atomic E-state index is 11.2. The van der Waals surface area contributed by atoms with Gasteiger partial charge < -0.3 is 16.5 Å². The van der Waals surface area contributed by atoms with E-state index in [4.69, 9.17) is 16.7 Å². The number of nitrogens with zero attached hydrogens (tertiary/aromatic N) is 2. The van der Waals surface area contributed by atoms with Crippen LogP contribution in [0, 0.1) is 11.3 Å². The van der Waals surface area contributed by atoms with Gasteiger partial charge in [-0.1, -0.05) is 0 Å². The smallest absolute Gasteiger partial charge is 0.253 e. The number of aromatic amines is 1. The molecule has 18 heavy (non-hydrogen) atoms. The molecule has 5 N–H and O–H groups in total. The van der Waals surface area contributed by atoms with Crippen molar-refractivity contribution >= 4 is 23.3 Å². The highest BCUT2D eigenvalue weighted by molar-refractivity contribution is 7.99. The first-order valence-corrected chi connectivity index (χ1v) is 5.74. The molecule has 6 nitrogen and oxygen atoms in total. The highest BCUT2D eigenvalue weighted by Crippen LogP contribution is 2.29. The van der Waals surface area contributed by atoms with Gasteiger partial charge in [0.05, 0.1) is 11.6 Å². The van der Waals surface area contributed by atoms with Gasteiger partial charge in [-0.25, -0.2) is 4.98 Å². The van der Waals surface area contributed by atoms with Gasteiger partial charge in [0, 0.05) is 16.6 Å². The van der Waals surface area contributed by atoms with Crippen molar-refractivity contribution in [1.29, 1.82) is 5.26 Å². The molecular weight excluding hydrogens is 250 g/mol. The van der Waals surface area contributed by atoms with E-state index in [2.05, 4.69) is 9.97 Å². The number of nitrogen functional groups attached to an aromatic ring is 2. The van der Waals surface area contributed by atoms with Crippen LogP contribution in [0.2, 0.25) is 0 Å². The second-order valence-electron chi connectivity index (χ2n) is 3.44. The number of rotatable bonds is 2. The molecule has 0 aliphatic carbocycles. The largest absolute Gasteiger partial charge is 0.398 e. The normalized spacial score (nSPS) is 9.94. The van der Waals surface area contributed by atoms with Gasteiger partial charge in [0.2, 0.25) is 0 Å². The average molecular weight is 259 g/mol. The molecule has 0 saturated heterocycles. The zero-order chi connectivity index (χ0) is 13.1. The molecule has 2 aromatic rings. The molecule has 0 atom stereocenters. The minimum Gasteiger partial charge on any atom is -0.398 e. The van der Waals surface area contributed by atoms with Crippen molar-refractivity contribution in [2.24, 2.45) is 0 Å². The first kappa shape index (κ1) is 12.0. The van der Waals surface area contributed by atoms with Gasteiger partial charge in [-0.15, -0.1) is 0 Å². The lowest BCUT2D eigenvalue weighted by Crippen LogP contribution is -2.09. The molecule has 0 unspecified atom stereocenters. The number of hydrogen-bond acceptors (Lipinski definition) is 6. The molecule has 1 aromatic carbocycles. The molecule has 0 bridgehead atoms. The van der Waals surface area contributed by atoms with Gasteiger partial charge in [0.15, 0.2) is 5.16 Å². The molecule has 7 heteroatoms. The van der Waals surface area contributed by atoms with Gasteiger partial charge in [-0.05, 0) is 30.0 Å². The minimum absolute atomic E-state index is 0.147. The summed E-state index contributed by atoms with van der Waals surface area (Å²) < 4.78 is 0. The zero-order valence-electron chi connectivity index (χ0n) is 9.18.